The lowest BCUT2D eigenvalue weighted by Gasteiger charge is -2.18. The van der Waals surface area contributed by atoms with E-state index in [0.29, 0.717) is 5.88 Å². The summed E-state index contributed by atoms with van der Waals surface area (Å²) in [5, 5.41) is 18.6. The SMILES string of the molecule is COc1ccc(C(CC(=O)O)n2ncc3c(CCCc4ccc5c(n4)NCCC5)cccc32)cn1. The van der Waals surface area contributed by atoms with Crippen LogP contribution >= 0.6 is 0 Å². The van der Waals surface area contributed by atoms with Gasteiger partial charge in [0.15, 0.2) is 0 Å². The summed E-state index contributed by atoms with van der Waals surface area (Å²) < 4.78 is 6.94. The Balaban J connectivity index is 1.36. The smallest absolute Gasteiger partial charge is 0.305 e. The van der Waals surface area contributed by atoms with Crippen LogP contribution in [-0.2, 0) is 24.1 Å². The summed E-state index contributed by atoms with van der Waals surface area (Å²) in [4.78, 5) is 20.7. The number of anilines is 1. The van der Waals surface area contributed by atoms with Crippen molar-refractivity contribution in [3.63, 3.8) is 0 Å². The Morgan fingerprint density at radius 1 is 1.17 bits per heavy atom. The van der Waals surface area contributed by atoms with E-state index >= 15 is 0 Å². The molecular formula is C27H29N5O3. The van der Waals surface area contributed by atoms with Gasteiger partial charge in [-0.1, -0.05) is 18.2 Å². The van der Waals surface area contributed by atoms with Gasteiger partial charge in [-0.25, -0.2) is 9.97 Å². The number of hydrogen-bond acceptors (Lipinski definition) is 6. The van der Waals surface area contributed by atoms with E-state index in [0.717, 1.165) is 66.6 Å². The molecular weight excluding hydrogens is 442 g/mol. The maximum atomic E-state index is 11.7. The monoisotopic (exact) mass is 471 g/mol. The lowest BCUT2D eigenvalue weighted by molar-refractivity contribution is -0.137. The molecule has 0 fully saturated rings. The van der Waals surface area contributed by atoms with Crippen LogP contribution in [0.4, 0.5) is 5.82 Å². The van der Waals surface area contributed by atoms with Crippen LogP contribution in [0.15, 0.2) is 54.9 Å². The highest BCUT2D eigenvalue weighted by molar-refractivity contribution is 5.83. The number of ether oxygens (including phenoxy) is 1. The quantitative estimate of drug-likeness (QED) is 0.372. The predicted octanol–water partition coefficient (Wildman–Crippen LogP) is 4.43. The number of aryl methyl sites for hydroxylation is 3. The molecule has 4 heterocycles. The van der Waals surface area contributed by atoms with Crippen LogP contribution in [0.3, 0.4) is 0 Å². The van der Waals surface area contributed by atoms with Crippen molar-refractivity contribution in [2.24, 2.45) is 0 Å². The number of hydrogen-bond donors (Lipinski definition) is 2. The highest BCUT2D eigenvalue weighted by Gasteiger charge is 2.22. The van der Waals surface area contributed by atoms with Crippen molar-refractivity contribution in [2.45, 2.75) is 44.6 Å². The van der Waals surface area contributed by atoms with Crippen LogP contribution in [0.2, 0.25) is 0 Å². The minimum absolute atomic E-state index is 0.0902. The second kappa shape index (κ2) is 10.1. The zero-order valence-corrected chi connectivity index (χ0v) is 19.8. The fourth-order valence-electron chi connectivity index (χ4n) is 4.79. The molecule has 1 aliphatic rings. The number of nitrogens with zero attached hydrogens (tertiary/aromatic N) is 4. The van der Waals surface area contributed by atoms with E-state index in [2.05, 4.69) is 33.6 Å². The van der Waals surface area contributed by atoms with E-state index in [1.807, 2.05) is 24.4 Å². The first-order chi connectivity index (χ1) is 17.1. The number of benzene rings is 1. The molecule has 0 bridgehead atoms. The second-order valence-electron chi connectivity index (χ2n) is 8.88. The van der Waals surface area contributed by atoms with Gasteiger partial charge in [0, 0.05) is 29.9 Å². The van der Waals surface area contributed by atoms with Gasteiger partial charge in [-0.2, -0.15) is 5.10 Å². The topological polar surface area (TPSA) is 102 Å². The minimum atomic E-state index is -0.891. The molecule has 1 aliphatic heterocycles. The van der Waals surface area contributed by atoms with Gasteiger partial charge in [-0.3, -0.25) is 9.48 Å². The molecule has 4 aromatic rings. The molecule has 1 unspecified atom stereocenters. The summed E-state index contributed by atoms with van der Waals surface area (Å²) in [5.74, 6) is 0.631. The van der Waals surface area contributed by atoms with Crippen molar-refractivity contribution in [3.05, 3.63) is 77.2 Å². The van der Waals surface area contributed by atoms with Gasteiger partial charge >= 0.3 is 5.97 Å². The van der Waals surface area contributed by atoms with E-state index in [-0.39, 0.29) is 6.42 Å². The van der Waals surface area contributed by atoms with Gasteiger partial charge in [0.2, 0.25) is 5.88 Å². The van der Waals surface area contributed by atoms with Gasteiger partial charge in [-0.15, -0.1) is 0 Å². The second-order valence-corrected chi connectivity index (χ2v) is 8.88. The number of nitrogens with one attached hydrogen (secondary N) is 1. The largest absolute Gasteiger partial charge is 0.481 e. The number of aromatic nitrogens is 4. The van der Waals surface area contributed by atoms with Crippen molar-refractivity contribution in [1.82, 2.24) is 19.7 Å². The normalized spacial score (nSPS) is 13.7. The minimum Gasteiger partial charge on any atom is -0.481 e. The van der Waals surface area contributed by atoms with E-state index in [4.69, 9.17) is 9.72 Å². The number of aliphatic carboxylic acids is 1. The zero-order valence-electron chi connectivity index (χ0n) is 19.8. The third-order valence-electron chi connectivity index (χ3n) is 6.58. The fraction of sp³-hybridized carbons (Fsp3) is 0.333. The number of carboxylic acids is 1. The number of carboxylic acid groups (broad SMARTS) is 1. The number of pyridine rings is 2. The van der Waals surface area contributed by atoms with Crippen molar-refractivity contribution < 1.29 is 14.6 Å². The van der Waals surface area contributed by atoms with Crippen LogP contribution in [0.1, 0.15) is 47.7 Å². The van der Waals surface area contributed by atoms with Gasteiger partial charge in [0.05, 0.1) is 31.3 Å². The number of fused-ring (bicyclic) bond motifs is 2. The number of methoxy groups -OCH3 is 1. The molecule has 3 aromatic heterocycles. The van der Waals surface area contributed by atoms with Crippen molar-refractivity contribution in [1.29, 1.82) is 0 Å². The molecule has 180 valence electrons. The molecule has 0 amide bonds. The Kier molecular flexibility index (Phi) is 6.61. The number of carbonyl (C=O) groups is 1. The summed E-state index contributed by atoms with van der Waals surface area (Å²) in [7, 11) is 1.55. The molecule has 0 aliphatic carbocycles. The summed E-state index contributed by atoms with van der Waals surface area (Å²) in [6.45, 7) is 0.991. The molecule has 8 heteroatoms. The van der Waals surface area contributed by atoms with E-state index in [9.17, 15) is 9.90 Å². The van der Waals surface area contributed by atoms with Crippen LogP contribution in [0, 0.1) is 0 Å². The first-order valence-electron chi connectivity index (χ1n) is 12.0. The lowest BCUT2D eigenvalue weighted by Crippen LogP contribution is -2.16. The molecule has 2 N–H and O–H groups in total. The van der Waals surface area contributed by atoms with Gasteiger partial charge in [0.25, 0.3) is 0 Å². The average Bonchev–Trinajstić information content (AvgIpc) is 3.32. The zero-order chi connectivity index (χ0) is 24.2. The van der Waals surface area contributed by atoms with Crippen LogP contribution in [0.5, 0.6) is 5.88 Å². The third-order valence-corrected chi connectivity index (χ3v) is 6.58. The lowest BCUT2D eigenvalue weighted by atomic mass is 10.0. The Morgan fingerprint density at radius 2 is 2.09 bits per heavy atom. The molecule has 0 saturated carbocycles. The van der Waals surface area contributed by atoms with E-state index in [1.165, 1.54) is 11.1 Å². The molecule has 5 rings (SSSR count). The fourth-order valence-corrected chi connectivity index (χ4v) is 4.79. The maximum absolute atomic E-state index is 11.7. The van der Waals surface area contributed by atoms with E-state index < -0.39 is 12.0 Å². The van der Waals surface area contributed by atoms with Gasteiger partial charge < -0.3 is 15.2 Å². The Morgan fingerprint density at radius 3 is 2.89 bits per heavy atom. The van der Waals surface area contributed by atoms with Gasteiger partial charge in [-0.05, 0) is 67.0 Å². The summed E-state index contributed by atoms with van der Waals surface area (Å²) >= 11 is 0. The first kappa shape index (κ1) is 22.8. The van der Waals surface area contributed by atoms with Crippen molar-refractivity contribution in [2.75, 3.05) is 19.0 Å². The summed E-state index contributed by atoms with van der Waals surface area (Å²) in [6.07, 6.45) is 8.43. The highest BCUT2D eigenvalue weighted by Crippen LogP contribution is 2.29. The van der Waals surface area contributed by atoms with Crippen molar-refractivity contribution >= 4 is 22.7 Å². The Bertz CT molecular complexity index is 1330. The van der Waals surface area contributed by atoms with Crippen LogP contribution in [-0.4, -0.2) is 44.5 Å². The number of rotatable bonds is 9. The molecule has 0 saturated heterocycles. The standard InChI is InChI=1S/C27H29N5O3/c1-35-25-13-11-20(16-29-25)24(15-26(33)34)32-23-9-3-6-18(22(23)17-30-32)5-2-8-21-12-10-19-7-4-14-28-27(19)31-21/h3,6,9-13,16-17,24H,2,4-5,7-8,14-15H2,1H3,(H,28,31)(H,33,34). The molecule has 1 atom stereocenters. The molecule has 0 spiro atoms. The molecule has 8 nitrogen and oxygen atoms in total. The molecule has 35 heavy (non-hydrogen) atoms. The van der Waals surface area contributed by atoms with Crippen LogP contribution < -0.4 is 10.1 Å². The maximum Gasteiger partial charge on any atom is 0.305 e. The highest BCUT2D eigenvalue weighted by atomic mass is 16.5. The first-order valence-corrected chi connectivity index (χ1v) is 12.0. The summed E-state index contributed by atoms with van der Waals surface area (Å²) in [5.41, 5.74) is 5.30. The molecule has 1 aromatic carbocycles. The van der Waals surface area contributed by atoms with Gasteiger partial charge in [0.1, 0.15) is 5.82 Å². The Hall–Kier alpha value is -3.94. The van der Waals surface area contributed by atoms with Crippen LogP contribution in [0.25, 0.3) is 10.9 Å². The van der Waals surface area contributed by atoms with Crippen molar-refractivity contribution in [3.8, 4) is 5.88 Å². The Labute approximate surface area is 204 Å². The molecule has 0 radical (unpaired) electrons. The predicted molar refractivity (Wildman–Crippen MR) is 134 cm³/mol. The average molecular weight is 472 g/mol. The summed E-state index contributed by atoms with van der Waals surface area (Å²) in [6, 6.07) is 13.6. The van der Waals surface area contributed by atoms with E-state index in [1.54, 1.807) is 24.1 Å². The third kappa shape index (κ3) is 4.96.